The molecule has 3 rings (SSSR count). The van der Waals surface area contributed by atoms with Crippen LogP contribution in [-0.2, 0) is 0 Å². The number of hydrogen-bond donors (Lipinski definition) is 1. The van der Waals surface area contributed by atoms with E-state index >= 15 is 0 Å². The second-order valence-electron chi connectivity index (χ2n) is 6.37. The lowest BCUT2D eigenvalue weighted by Crippen LogP contribution is -2.29. The zero-order valence-electron chi connectivity index (χ0n) is 13.2. The van der Waals surface area contributed by atoms with Crippen LogP contribution in [0.15, 0.2) is 36.5 Å². The van der Waals surface area contributed by atoms with Crippen LogP contribution in [0.3, 0.4) is 0 Å². The predicted molar refractivity (Wildman–Crippen MR) is 89.3 cm³/mol. The molecule has 2 aromatic rings. The number of rotatable bonds is 4. The quantitative estimate of drug-likeness (QED) is 0.878. The molecule has 0 amide bonds. The Balaban J connectivity index is 1.88. The van der Waals surface area contributed by atoms with Gasteiger partial charge in [0.05, 0.1) is 11.7 Å². The van der Waals surface area contributed by atoms with Crippen molar-refractivity contribution in [1.29, 1.82) is 0 Å². The zero-order chi connectivity index (χ0) is 14.7. The van der Waals surface area contributed by atoms with E-state index in [4.69, 9.17) is 4.98 Å². The van der Waals surface area contributed by atoms with Crippen molar-refractivity contribution in [3.05, 3.63) is 42.2 Å². The highest BCUT2D eigenvalue weighted by Crippen LogP contribution is 2.38. The summed E-state index contributed by atoms with van der Waals surface area (Å²) in [5.74, 6) is 1.66. The van der Waals surface area contributed by atoms with Crippen LogP contribution in [0.4, 0.5) is 0 Å². The Hall–Kier alpha value is -1.41. The molecule has 1 heterocycles. The first-order valence-electron chi connectivity index (χ1n) is 8.34. The van der Waals surface area contributed by atoms with Crippen LogP contribution in [0, 0.1) is 11.8 Å². The molecule has 1 aliphatic rings. The van der Waals surface area contributed by atoms with Gasteiger partial charge in [0.15, 0.2) is 0 Å². The van der Waals surface area contributed by atoms with Gasteiger partial charge in [-0.15, -0.1) is 0 Å². The summed E-state index contributed by atoms with van der Waals surface area (Å²) < 4.78 is 0. The van der Waals surface area contributed by atoms with Gasteiger partial charge in [-0.1, -0.05) is 50.5 Å². The van der Waals surface area contributed by atoms with Gasteiger partial charge in [0.2, 0.25) is 0 Å². The standard InChI is InChI=1S/C19H26N2/c1-3-14-8-10-16(11-9-14)18(20-2)19-17-7-5-4-6-15(17)12-13-21-19/h4-7,12-14,16,18,20H,3,8-11H2,1-2H3. The molecule has 1 unspecified atom stereocenters. The molecule has 1 aliphatic carbocycles. The third-order valence-electron chi connectivity index (χ3n) is 5.25. The molecular formula is C19H26N2. The molecule has 1 fully saturated rings. The summed E-state index contributed by atoms with van der Waals surface area (Å²) in [7, 11) is 2.08. The highest BCUT2D eigenvalue weighted by atomic mass is 14.9. The third kappa shape index (κ3) is 2.96. The van der Waals surface area contributed by atoms with E-state index in [0.717, 1.165) is 11.8 Å². The Labute approximate surface area is 128 Å². The molecule has 2 nitrogen and oxygen atoms in total. The third-order valence-corrected chi connectivity index (χ3v) is 5.25. The Kier molecular flexibility index (Phi) is 4.54. The van der Waals surface area contributed by atoms with E-state index in [2.05, 4.69) is 49.6 Å². The fourth-order valence-electron chi connectivity index (χ4n) is 3.92. The van der Waals surface area contributed by atoms with Crippen molar-refractivity contribution in [3.8, 4) is 0 Å². The van der Waals surface area contributed by atoms with E-state index in [-0.39, 0.29) is 0 Å². The maximum absolute atomic E-state index is 4.73. The van der Waals surface area contributed by atoms with Gasteiger partial charge in [-0.3, -0.25) is 4.98 Å². The molecule has 21 heavy (non-hydrogen) atoms. The lowest BCUT2D eigenvalue weighted by atomic mass is 9.76. The van der Waals surface area contributed by atoms with Crippen molar-refractivity contribution < 1.29 is 0 Å². The van der Waals surface area contributed by atoms with Gasteiger partial charge in [0.25, 0.3) is 0 Å². The first-order valence-corrected chi connectivity index (χ1v) is 8.34. The van der Waals surface area contributed by atoms with Crippen molar-refractivity contribution in [2.45, 2.75) is 45.1 Å². The molecule has 1 aromatic heterocycles. The van der Waals surface area contributed by atoms with Crippen LogP contribution >= 0.6 is 0 Å². The molecule has 1 atom stereocenters. The van der Waals surface area contributed by atoms with Crippen LogP contribution < -0.4 is 5.32 Å². The summed E-state index contributed by atoms with van der Waals surface area (Å²) >= 11 is 0. The minimum absolute atomic E-state index is 0.383. The minimum atomic E-state index is 0.383. The topological polar surface area (TPSA) is 24.9 Å². The Bertz CT molecular complexity index is 580. The van der Waals surface area contributed by atoms with E-state index in [9.17, 15) is 0 Å². The van der Waals surface area contributed by atoms with Crippen molar-refractivity contribution in [2.24, 2.45) is 11.8 Å². The molecule has 0 spiro atoms. The zero-order valence-corrected chi connectivity index (χ0v) is 13.2. The molecular weight excluding hydrogens is 256 g/mol. The normalized spacial score (nSPS) is 24.1. The van der Waals surface area contributed by atoms with Crippen LogP contribution in [0.1, 0.15) is 50.8 Å². The number of benzene rings is 1. The van der Waals surface area contributed by atoms with E-state index in [1.54, 1.807) is 0 Å². The van der Waals surface area contributed by atoms with Crippen molar-refractivity contribution in [2.75, 3.05) is 7.05 Å². The molecule has 1 aromatic carbocycles. The van der Waals surface area contributed by atoms with Crippen molar-refractivity contribution >= 4 is 10.8 Å². The number of nitrogens with zero attached hydrogens (tertiary/aromatic N) is 1. The number of aromatic nitrogens is 1. The highest BCUT2D eigenvalue weighted by molar-refractivity contribution is 5.84. The summed E-state index contributed by atoms with van der Waals surface area (Å²) in [6, 6.07) is 11.1. The molecule has 0 saturated heterocycles. The van der Waals surface area contributed by atoms with Gasteiger partial charge in [-0.05, 0) is 43.2 Å². The first-order chi connectivity index (χ1) is 10.3. The molecule has 0 bridgehead atoms. The molecule has 0 aliphatic heterocycles. The maximum Gasteiger partial charge on any atom is 0.0654 e. The van der Waals surface area contributed by atoms with E-state index < -0.39 is 0 Å². The molecule has 1 N–H and O–H groups in total. The van der Waals surface area contributed by atoms with Gasteiger partial charge in [-0.2, -0.15) is 0 Å². The summed E-state index contributed by atoms with van der Waals surface area (Å²) in [6.45, 7) is 2.33. The molecule has 2 heteroatoms. The second kappa shape index (κ2) is 6.57. The summed E-state index contributed by atoms with van der Waals surface area (Å²) in [5.41, 5.74) is 1.23. The molecule has 1 saturated carbocycles. The van der Waals surface area contributed by atoms with Crippen molar-refractivity contribution in [3.63, 3.8) is 0 Å². The fraction of sp³-hybridized carbons (Fsp3) is 0.526. The number of hydrogen-bond acceptors (Lipinski definition) is 2. The van der Waals surface area contributed by atoms with Gasteiger partial charge >= 0.3 is 0 Å². The van der Waals surface area contributed by atoms with Crippen molar-refractivity contribution in [1.82, 2.24) is 10.3 Å². The van der Waals surface area contributed by atoms with Crippen LogP contribution in [0.2, 0.25) is 0 Å². The highest BCUT2D eigenvalue weighted by Gasteiger charge is 2.28. The Morgan fingerprint density at radius 3 is 2.62 bits per heavy atom. The fourth-order valence-corrected chi connectivity index (χ4v) is 3.92. The van der Waals surface area contributed by atoms with E-state index in [1.165, 1.54) is 48.6 Å². The van der Waals surface area contributed by atoms with E-state index in [0.29, 0.717) is 6.04 Å². The average molecular weight is 282 g/mol. The smallest absolute Gasteiger partial charge is 0.0654 e. The number of pyridine rings is 1. The Morgan fingerprint density at radius 1 is 1.14 bits per heavy atom. The number of nitrogens with one attached hydrogen (secondary N) is 1. The van der Waals surface area contributed by atoms with Gasteiger partial charge in [-0.25, -0.2) is 0 Å². The SMILES string of the molecule is CCC1CCC(C(NC)c2nccc3ccccc23)CC1. The summed E-state index contributed by atoms with van der Waals surface area (Å²) in [6.07, 6.45) is 8.71. The molecule has 0 radical (unpaired) electrons. The first kappa shape index (κ1) is 14.5. The van der Waals surface area contributed by atoms with Crippen LogP contribution in [0.25, 0.3) is 10.8 Å². The van der Waals surface area contributed by atoms with Crippen LogP contribution in [0.5, 0.6) is 0 Å². The summed E-state index contributed by atoms with van der Waals surface area (Å²) in [4.78, 5) is 4.73. The number of fused-ring (bicyclic) bond motifs is 1. The predicted octanol–water partition coefficient (Wildman–Crippen LogP) is 4.71. The lowest BCUT2D eigenvalue weighted by Gasteiger charge is -2.33. The maximum atomic E-state index is 4.73. The van der Waals surface area contributed by atoms with Gasteiger partial charge in [0.1, 0.15) is 0 Å². The Morgan fingerprint density at radius 2 is 1.90 bits per heavy atom. The lowest BCUT2D eigenvalue weighted by molar-refractivity contribution is 0.223. The average Bonchev–Trinajstić information content (AvgIpc) is 2.56. The largest absolute Gasteiger partial charge is 0.311 e. The minimum Gasteiger partial charge on any atom is -0.311 e. The second-order valence-corrected chi connectivity index (χ2v) is 6.37. The van der Waals surface area contributed by atoms with E-state index in [1.807, 2.05) is 6.20 Å². The molecule has 112 valence electrons. The summed E-state index contributed by atoms with van der Waals surface area (Å²) in [5, 5.41) is 6.15. The van der Waals surface area contributed by atoms with Gasteiger partial charge < -0.3 is 5.32 Å². The van der Waals surface area contributed by atoms with Gasteiger partial charge in [0, 0.05) is 11.6 Å². The monoisotopic (exact) mass is 282 g/mol. The van der Waals surface area contributed by atoms with Crippen LogP contribution in [-0.4, -0.2) is 12.0 Å².